The van der Waals surface area contributed by atoms with Crippen molar-refractivity contribution in [2.45, 2.75) is 6.92 Å². The smallest absolute Gasteiger partial charge is 0.257 e. The van der Waals surface area contributed by atoms with Gasteiger partial charge < -0.3 is 4.42 Å². The van der Waals surface area contributed by atoms with Crippen LogP contribution in [-0.4, -0.2) is 15.2 Å². The molecule has 0 amide bonds. The summed E-state index contributed by atoms with van der Waals surface area (Å²) in [5, 5.41) is 8.45. The number of pyridine rings is 1. The zero-order valence-electron chi connectivity index (χ0n) is 8.27. The number of hydrogen-bond donors (Lipinski definition) is 0. The van der Waals surface area contributed by atoms with Crippen molar-refractivity contribution in [3.8, 4) is 10.8 Å². The Morgan fingerprint density at radius 1 is 1.38 bits per heavy atom. The van der Waals surface area contributed by atoms with Gasteiger partial charge in [0.25, 0.3) is 5.89 Å². The molecule has 0 saturated heterocycles. The summed E-state index contributed by atoms with van der Waals surface area (Å²) in [4.78, 5) is 5.12. The molecule has 0 atom stereocenters. The second-order valence-electron chi connectivity index (χ2n) is 3.24. The Morgan fingerprint density at radius 3 is 2.94 bits per heavy atom. The van der Waals surface area contributed by atoms with Crippen LogP contribution in [0.5, 0.6) is 0 Å². The molecule has 0 aliphatic heterocycles. The molecule has 0 N–H and O–H groups in total. The highest BCUT2D eigenvalue weighted by molar-refractivity contribution is 7.22. The van der Waals surface area contributed by atoms with E-state index in [2.05, 4.69) is 15.2 Å². The van der Waals surface area contributed by atoms with E-state index >= 15 is 0 Å². The molecule has 0 fully saturated rings. The van der Waals surface area contributed by atoms with Crippen molar-refractivity contribution < 1.29 is 4.42 Å². The highest BCUT2D eigenvalue weighted by Gasteiger charge is 2.12. The molecule has 3 aromatic heterocycles. The molecular formula is C10H6ClN3OS. The standard InChI is InChI=1S/C10H6ClN3OS/c1-5-13-14-10(15-5)8-4-7-9(16-8)6(11)2-3-12-7/h2-4H,1H3. The van der Waals surface area contributed by atoms with E-state index in [4.69, 9.17) is 16.0 Å². The van der Waals surface area contributed by atoms with Crippen LogP contribution in [0.1, 0.15) is 5.89 Å². The highest BCUT2D eigenvalue weighted by Crippen LogP contribution is 2.35. The van der Waals surface area contributed by atoms with Crippen molar-refractivity contribution in [3.63, 3.8) is 0 Å². The summed E-state index contributed by atoms with van der Waals surface area (Å²) in [5.41, 5.74) is 0.850. The lowest BCUT2D eigenvalue weighted by atomic mass is 10.4. The average molecular weight is 252 g/mol. The van der Waals surface area contributed by atoms with Gasteiger partial charge in [0.05, 0.1) is 20.1 Å². The second-order valence-corrected chi connectivity index (χ2v) is 4.70. The van der Waals surface area contributed by atoms with Crippen LogP contribution in [-0.2, 0) is 0 Å². The van der Waals surface area contributed by atoms with Gasteiger partial charge in [-0.05, 0) is 12.1 Å². The van der Waals surface area contributed by atoms with E-state index in [9.17, 15) is 0 Å². The van der Waals surface area contributed by atoms with Gasteiger partial charge in [0.2, 0.25) is 5.89 Å². The molecule has 4 nitrogen and oxygen atoms in total. The van der Waals surface area contributed by atoms with Crippen LogP contribution in [0.25, 0.3) is 21.0 Å². The summed E-state index contributed by atoms with van der Waals surface area (Å²) in [7, 11) is 0. The van der Waals surface area contributed by atoms with Crippen molar-refractivity contribution in [1.29, 1.82) is 0 Å². The van der Waals surface area contributed by atoms with Gasteiger partial charge in [-0.25, -0.2) is 0 Å². The van der Waals surface area contributed by atoms with Gasteiger partial charge in [-0.2, -0.15) is 0 Å². The van der Waals surface area contributed by atoms with Crippen LogP contribution in [0.2, 0.25) is 5.02 Å². The van der Waals surface area contributed by atoms with Gasteiger partial charge in [0.1, 0.15) is 0 Å². The number of hydrogen-bond acceptors (Lipinski definition) is 5. The first-order valence-corrected chi connectivity index (χ1v) is 5.78. The van der Waals surface area contributed by atoms with E-state index < -0.39 is 0 Å². The normalized spacial score (nSPS) is 11.1. The molecule has 0 bridgehead atoms. The maximum atomic E-state index is 6.07. The summed E-state index contributed by atoms with van der Waals surface area (Å²) in [5.74, 6) is 1.06. The Labute approximate surface area is 99.9 Å². The summed E-state index contributed by atoms with van der Waals surface area (Å²) in [6.07, 6.45) is 1.68. The van der Waals surface area contributed by atoms with Crippen LogP contribution >= 0.6 is 22.9 Å². The summed E-state index contributed by atoms with van der Waals surface area (Å²) in [6.45, 7) is 1.76. The third kappa shape index (κ3) is 1.48. The Hall–Kier alpha value is -1.46. The average Bonchev–Trinajstić information content (AvgIpc) is 2.84. The van der Waals surface area contributed by atoms with Gasteiger partial charge in [-0.3, -0.25) is 4.98 Å². The third-order valence-electron chi connectivity index (χ3n) is 2.10. The van der Waals surface area contributed by atoms with E-state index in [0.29, 0.717) is 16.8 Å². The fraction of sp³-hybridized carbons (Fsp3) is 0.100. The molecule has 16 heavy (non-hydrogen) atoms. The first-order chi connectivity index (χ1) is 7.74. The number of halogens is 1. The molecule has 0 aromatic carbocycles. The van der Waals surface area contributed by atoms with Crippen molar-refractivity contribution in [1.82, 2.24) is 15.2 Å². The van der Waals surface area contributed by atoms with Gasteiger partial charge in [0.15, 0.2) is 0 Å². The fourth-order valence-corrected chi connectivity index (χ4v) is 2.62. The lowest BCUT2D eigenvalue weighted by molar-refractivity contribution is 0.534. The van der Waals surface area contributed by atoms with Gasteiger partial charge in [-0.15, -0.1) is 21.5 Å². The second kappa shape index (κ2) is 3.54. The van der Waals surface area contributed by atoms with Crippen LogP contribution in [0, 0.1) is 6.92 Å². The van der Waals surface area contributed by atoms with Gasteiger partial charge in [0, 0.05) is 13.1 Å². The zero-order valence-corrected chi connectivity index (χ0v) is 9.84. The van der Waals surface area contributed by atoms with Crippen molar-refractivity contribution in [2.75, 3.05) is 0 Å². The Kier molecular flexibility index (Phi) is 2.15. The summed E-state index contributed by atoms with van der Waals surface area (Å²) >= 11 is 7.57. The van der Waals surface area contributed by atoms with E-state index in [1.807, 2.05) is 6.07 Å². The molecule has 80 valence electrons. The largest absolute Gasteiger partial charge is 0.420 e. The van der Waals surface area contributed by atoms with Crippen molar-refractivity contribution in [3.05, 3.63) is 29.2 Å². The minimum atomic E-state index is 0.511. The first-order valence-electron chi connectivity index (χ1n) is 4.58. The monoisotopic (exact) mass is 251 g/mol. The Balaban J connectivity index is 2.22. The molecule has 0 saturated carbocycles. The number of aromatic nitrogens is 3. The number of nitrogens with zero attached hydrogens (tertiary/aromatic N) is 3. The van der Waals surface area contributed by atoms with Crippen LogP contribution in [0.4, 0.5) is 0 Å². The highest BCUT2D eigenvalue weighted by atomic mass is 35.5. The summed E-state index contributed by atoms with van der Waals surface area (Å²) < 4.78 is 6.30. The Bertz CT molecular complexity index is 661. The van der Waals surface area contributed by atoms with Gasteiger partial charge >= 0.3 is 0 Å². The van der Waals surface area contributed by atoms with E-state index in [-0.39, 0.29) is 0 Å². The SMILES string of the molecule is Cc1nnc(-c2cc3nccc(Cl)c3s2)o1. The molecule has 3 rings (SSSR count). The minimum Gasteiger partial charge on any atom is -0.420 e. The van der Waals surface area contributed by atoms with Crippen LogP contribution < -0.4 is 0 Å². The molecule has 3 aromatic rings. The molecule has 0 radical (unpaired) electrons. The van der Waals surface area contributed by atoms with E-state index in [1.165, 1.54) is 11.3 Å². The number of rotatable bonds is 1. The molecule has 0 spiro atoms. The minimum absolute atomic E-state index is 0.511. The van der Waals surface area contributed by atoms with Crippen molar-refractivity contribution in [2.24, 2.45) is 0 Å². The molecular weight excluding hydrogens is 246 g/mol. The predicted octanol–water partition coefficient (Wildman–Crippen LogP) is 3.31. The topological polar surface area (TPSA) is 51.8 Å². The zero-order chi connectivity index (χ0) is 11.1. The van der Waals surface area contributed by atoms with E-state index in [1.54, 1.807) is 19.2 Å². The molecule has 0 unspecified atom stereocenters. The Morgan fingerprint density at radius 2 is 2.25 bits per heavy atom. The molecule has 0 aliphatic carbocycles. The maximum absolute atomic E-state index is 6.07. The predicted molar refractivity (Wildman–Crippen MR) is 62.7 cm³/mol. The molecule has 6 heteroatoms. The number of aryl methyl sites for hydroxylation is 1. The summed E-state index contributed by atoms with van der Waals surface area (Å²) in [6, 6.07) is 3.67. The van der Waals surface area contributed by atoms with Crippen LogP contribution in [0.3, 0.4) is 0 Å². The molecule has 3 heterocycles. The number of thiophene rings is 1. The maximum Gasteiger partial charge on any atom is 0.257 e. The number of fused-ring (bicyclic) bond motifs is 1. The molecule has 0 aliphatic rings. The van der Waals surface area contributed by atoms with E-state index in [0.717, 1.165) is 15.1 Å². The van der Waals surface area contributed by atoms with Crippen LogP contribution in [0.15, 0.2) is 22.7 Å². The lowest BCUT2D eigenvalue weighted by Gasteiger charge is -1.88. The third-order valence-corrected chi connectivity index (χ3v) is 3.67. The first kappa shape index (κ1) is 9.74. The quantitative estimate of drug-likeness (QED) is 0.666. The lowest BCUT2D eigenvalue weighted by Crippen LogP contribution is -1.71. The van der Waals surface area contributed by atoms with Gasteiger partial charge in [-0.1, -0.05) is 11.6 Å². The van der Waals surface area contributed by atoms with Crippen molar-refractivity contribution >= 4 is 33.2 Å². The fourth-order valence-electron chi connectivity index (χ4n) is 1.41.